The van der Waals surface area contributed by atoms with Gasteiger partial charge in [-0.3, -0.25) is 4.68 Å². The zero-order valence-corrected chi connectivity index (χ0v) is 29.1. The standard InChI is InChI=1S/C41H49FN4/c1-10-40(8)41(11-2,22-15-24-46-32(26-33(43-46)38(3,4)5)31-18-12-13-23-44(31)9)29-19-20-30(42)36-35(29)37-34-27(21-25-45(37)40)16-14-17-28(34)39(36,6)7/h12-14,16-21,23,25-26H,10-11,15,22,24H2,1-9H3/q+2. The van der Waals surface area contributed by atoms with Crippen molar-refractivity contribution in [2.45, 2.75) is 109 Å². The molecule has 7 rings (SSSR count). The van der Waals surface area contributed by atoms with E-state index in [2.05, 4.69) is 143 Å². The number of halogens is 1. The zero-order chi connectivity index (χ0) is 32.8. The van der Waals surface area contributed by atoms with E-state index in [9.17, 15) is 0 Å². The van der Waals surface area contributed by atoms with Crippen LogP contribution in [0, 0.1) is 5.82 Å². The number of rotatable bonds is 7. The molecule has 5 heteroatoms. The summed E-state index contributed by atoms with van der Waals surface area (Å²) in [6.45, 7) is 19.1. The first-order valence-corrected chi connectivity index (χ1v) is 17.2. The predicted octanol–water partition coefficient (Wildman–Crippen LogP) is 8.83. The maximum absolute atomic E-state index is 16.2. The lowest BCUT2D eigenvalue weighted by molar-refractivity contribution is -0.765. The molecule has 2 aliphatic rings. The summed E-state index contributed by atoms with van der Waals surface area (Å²) < 4.78 is 23.2. The molecular weight excluding hydrogens is 567 g/mol. The molecule has 3 aromatic heterocycles. The van der Waals surface area contributed by atoms with Gasteiger partial charge < -0.3 is 0 Å². The number of pyridine rings is 2. The number of aromatic nitrogens is 4. The number of hydrogen-bond acceptors (Lipinski definition) is 1. The van der Waals surface area contributed by atoms with Crippen LogP contribution in [0.4, 0.5) is 4.39 Å². The molecular formula is C41H49FN4+2. The van der Waals surface area contributed by atoms with Crippen LogP contribution in [0.5, 0.6) is 0 Å². The van der Waals surface area contributed by atoms with E-state index < -0.39 is 5.41 Å². The van der Waals surface area contributed by atoms with Crippen molar-refractivity contribution in [3.8, 4) is 22.6 Å². The molecule has 5 aromatic rings. The van der Waals surface area contributed by atoms with Crippen molar-refractivity contribution in [1.82, 2.24) is 9.78 Å². The third-order valence-electron chi connectivity index (χ3n) is 11.9. The molecule has 0 bridgehead atoms. The maximum atomic E-state index is 16.2. The highest BCUT2D eigenvalue weighted by Gasteiger charge is 2.61. The normalized spacial score (nSPS) is 21.2. The van der Waals surface area contributed by atoms with Gasteiger partial charge in [-0.2, -0.15) is 14.2 Å². The van der Waals surface area contributed by atoms with E-state index in [0.717, 1.165) is 60.4 Å². The van der Waals surface area contributed by atoms with Gasteiger partial charge in [0.05, 0.1) is 22.1 Å². The average Bonchev–Trinajstić information content (AvgIpc) is 3.46. The van der Waals surface area contributed by atoms with Gasteiger partial charge in [-0.15, -0.1) is 0 Å². The van der Waals surface area contributed by atoms with Gasteiger partial charge in [0.15, 0.2) is 17.9 Å². The van der Waals surface area contributed by atoms with E-state index in [1.54, 1.807) is 6.07 Å². The van der Waals surface area contributed by atoms with E-state index in [4.69, 9.17) is 5.10 Å². The van der Waals surface area contributed by atoms with Crippen LogP contribution in [0.1, 0.15) is 103 Å². The third kappa shape index (κ3) is 4.06. The Morgan fingerprint density at radius 2 is 1.67 bits per heavy atom. The Hall–Kier alpha value is -3.86. The Balaban J connectivity index is 1.39. The highest BCUT2D eigenvalue weighted by molar-refractivity contribution is 6.01. The Morgan fingerprint density at radius 3 is 2.37 bits per heavy atom. The molecule has 46 heavy (non-hydrogen) atoms. The first kappa shape index (κ1) is 30.8. The van der Waals surface area contributed by atoms with E-state index >= 15 is 4.39 Å². The van der Waals surface area contributed by atoms with Crippen LogP contribution in [0.25, 0.3) is 33.4 Å². The quantitative estimate of drug-likeness (QED) is 0.168. The molecule has 4 nitrogen and oxygen atoms in total. The third-order valence-corrected chi connectivity index (χ3v) is 11.9. The van der Waals surface area contributed by atoms with Crippen molar-refractivity contribution < 1.29 is 13.5 Å². The SMILES string of the molecule is CCC1(CCCn2nc(C(C)(C)C)cc2-c2cccc[n+]2C)c2ccc(F)c3c2-c2c4c(cccc4cc[n+]2C1(C)CC)C3(C)C. The minimum absolute atomic E-state index is 0.0515. The van der Waals surface area contributed by atoms with E-state index in [-0.39, 0.29) is 22.2 Å². The molecule has 2 unspecified atom stereocenters. The van der Waals surface area contributed by atoms with Crippen LogP contribution in [0.3, 0.4) is 0 Å². The summed E-state index contributed by atoms with van der Waals surface area (Å²) in [7, 11) is 2.10. The maximum Gasteiger partial charge on any atom is 0.230 e. The van der Waals surface area contributed by atoms with Crippen LogP contribution in [-0.2, 0) is 35.4 Å². The highest BCUT2D eigenvalue weighted by atomic mass is 19.1. The van der Waals surface area contributed by atoms with Crippen LogP contribution < -0.4 is 9.13 Å². The van der Waals surface area contributed by atoms with E-state index in [1.165, 1.54) is 27.6 Å². The molecule has 4 heterocycles. The van der Waals surface area contributed by atoms with Crippen LogP contribution in [0.15, 0.2) is 73.1 Å². The summed E-state index contributed by atoms with van der Waals surface area (Å²) in [6, 6.07) is 21.4. The van der Waals surface area contributed by atoms with Gasteiger partial charge in [0, 0.05) is 54.5 Å². The summed E-state index contributed by atoms with van der Waals surface area (Å²) in [4.78, 5) is 0. The Morgan fingerprint density at radius 1 is 0.891 bits per heavy atom. The summed E-state index contributed by atoms with van der Waals surface area (Å²) in [5.41, 5.74) is 8.25. The lowest BCUT2D eigenvalue weighted by Crippen LogP contribution is -2.69. The van der Waals surface area contributed by atoms with Crippen molar-refractivity contribution in [3.63, 3.8) is 0 Å². The topological polar surface area (TPSA) is 25.6 Å². The number of hydrogen-bond donors (Lipinski definition) is 0. The second kappa shape index (κ2) is 10.3. The molecule has 0 saturated heterocycles. The summed E-state index contributed by atoms with van der Waals surface area (Å²) in [5, 5.41) is 7.72. The van der Waals surface area contributed by atoms with Gasteiger partial charge in [-0.1, -0.05) is 72.7 Å². The van der Waals surface area contributed by atoms with Gasteiger partial charge in [-0.25, -0.2) is 4.39 Å². The highest BCUT2D eigenvalue weighted by Crippen LogP contribution is 2.59. The predicted molar refractivity (Wildman–Crippen MR) is 184 cm³/mol. The summed E-state index contributed by atoms with van der Waals surface area (Å²) >= 11 is 0. The van der Waals surface area contributed by atoms with Crippen molar-refractivity contribution in [2.24, 2.45) is 7.05 Å². The fraction of sp³-hybridized carbons (Fsp3) is 0.439. The molecule has 238 valence electrons. The van der Waals surface area contributed by atoms with Gasteiger partial charge >= 0.3 is 0 Å². The fourth-order valence-electron chi connectivity index (χ4n) is 9.13. The van der Waals surface area contributed by atoms with Crippen LogP contribution in [-0.4, -0.2) is 9.78 Å². The van der Waals surface area contributed by atoms with Gasteiger partial charge in [0.2, 0.25) is 11.4 Å². The second-order valence-corrected chi connectivity index (χ2v) is 15.5. The molecule has 0 radical (unpaired) electrons. The van der Waals surface area contributed by atoms with E-state index in [1.807, 2.05) is 0 Å². The summed E-state index contributed by atoms with van der Waals surface area (Å²) in [6.07, 6.45) is 8.28. The molecule has 0 N–H and O–H groups in total. The molecule has 1 aliphatic carbocycles. The minimum Gasteiger partial charge on any atom is -0.258 e. The molecule has 0 fully saturated rings. The largest absolute Gasteiger partial charge is 0.258 e. The monoisotopic (exact) mass is 616 g/mol. The smallest absolute Gasteiger partial charge is 0.230 e. The Bertz CT molecular complexity index is 2010. The Kier molecular flexibility index (Phi) is 6.91. The van der Waals surface area contributed by atoms with Gasteiger partial charge in [0.25, 0.3) is 0 Å². The summed E-state index contributed by atoms with van der Waals surface area (Å²) in [5.74, 6) is -0.0986. The molecule has 0 spiro atoms. The van der Waals surface area contributed by atoms with Crippen molar-refractivity contribution in [2.75, 3.05) is 0 Å². The van der Waals surface area contributed by atoms with Crippen molar-refractivity contribution in [3.05, 3.63) is 101 Å². The zero-order valence-electron chi connectivity index (χ0n) is 29.1. The lowest BCUT2D eigenvalue weighted by Gasteiger charge is -2.51. The minimum atomic E-state index is -0.445. The molecule has 0 amide bonds. The van der Waals surface area contributed by atoms with Crippen molar-refractivity contribution in [1.29, 1.82) is 0 Å². The van der Waals surface area contributed by atoms with E-state index in [0.29, 0.717) is 0 Å². The fourth-order valence-corrected chi connectivity index (χ4v) is 9.13. The number of aryl methyl sites for hydroxylation is 2. The average molecular weight is 617 g/mol. The molecule has 0 saturated carbocycles. The van der Waals surface area contributed by atoms with Gasteiger partial charge in [0.1, 0.15) is 18.6 Å². The molecule has 1 aliphatic heterocycles. The van der Waals surface area contributed by atoms with Crippen LogP contribution >= 0.6 is 0 Å². The first-order valence-electron chi connectivity index (χ1n) is 17.2. The number of nitrogens with zero attached hydrogens (tertiary/aromatic N) is 4. The molecule has 2 aromatic carbocycles. The Labute approximate surface area is 273 Å². The second-order valence-electron chi connectivity index (χ2n) is 15.5. The van der Waals surface area contributed by atoms with Crippen LogP contribution in [0.2, 0.25) is 0 Å². The van der Waals surface area contributed by atoms with Gasteiger partial charge in [-0.05, 0) is 54.0 Å². The lowest BCUT2D eigenvalue weighted by atomic mass is 9.55. The molecule has 2 atom stereocenters. The first-order chi connectivity index (χ1) is 21.8. The van der Waals surface area contributed by atoms with Crippen molar-refractivity contribution >= 4 is 10.8 Å². The number of benzene rings is 2.